The summed E-state index contributed by atoms with van der Waals surface area (Å²) in [6.07, 6.45) is 0.746. The molecule has 0 unspecified atom stereocenters. The van der Waals surface area contributed by atoms with Crippen LogP contribution in [0.25, 0.3) is 0 Å². The molecule has 0 radical (unpaired) electrons. The standard InChI is InChI=1S/C5H9NO2S/c7-2-1-4-3-6-5(9)8-4/h4,7H,1-3H2,(H,6,9)/t4-/m1/s1. The molecule has 0 bridgehead atoms. The second-order valence-electron chi connectivity index (χ2n) is 1.92. The lowest BCUT2D eigenvalue weighted by Crippen LogP contribution is -2.15. The van der Waals surface area contributed by atoms with Gasteiger partial charge in [-0.25, -0.2) is 0 Å². The van der Waals surface area contributed by atoms with E-state index in [4.69, 9.17) is 22.1 Å². The second kappa shape index (κ2) is 2.98. The van der Waals surface area contributed by atoms with E-state index in [1.807, 2.05) is 0 Å². The smallest absolute Gasteiger partial charge is 0.257 e. The number of nitrogens with one attached hydrogen (secondary N) is 1. The van der Waals surface area contributed by atoms with Crippen molar-refractivity contribution in [2.75, 3.05) is 13.2 Å². The summed E-state index contributed by atoms with van der Waals surface area (Å²) in [4.78, 5) is 0. The topological polar surface area (TPSA) is 41.5 Å². The lowest BCUT2D eigenvalue weighted by Gasteiger charge is -2.03. The minimum atomic E-state index is 0.0856. The monoisotopic (exact) mass is 147 g/mol. The van der Waals surface area contributed by atoms with Crippen molar-refractivity contribution in [2.24, 2.45) is 0 Å². The average Bonchev–Trinajstić information content (AvgIpc) is 2.17. The molecular weight excluding hydrogens is 138 g/mol. The van der Waals surface area contributed by atoms with Crippen molar-refractivity contribution in [1.82, 2.24) is 5.32 Å². The summed E-state index contributed by atoms with van der Waals surface area (Å²) in [5, 5.41) is 11.8. The molecule has 9 heavy (non-hydrogen) atoms. The highest BCUT2D eigenvalue weighted by Crippen LogP contribution is 2.02. The largest absolute Gasteiger partial charge is 0.466 e. The van der Waals surface area contributed by atoms with Gasteiger partial charge in [0, 0.05) is 13.0 Å². The van der Waals surface area contributed by atoms with Crippen LogP contribution < -0.4 is 5.32 Å². The highest BCUT2D eigenvalue weighted by molar-refractivity contribution is 7.80. The molecule has 3 nitrogen and oxygen atoms in total. The van der Waals surface area contributed by atoms with E-state index in [9.17, 15) is 0 Å². The Balaban J connectivity index is 2.22. The van der Waals surface area contributed by atoms with Crippen LogP contribution in [0.2, 0.25) is 0 Å². The van der Waals surface area contributed by atoms with Crippen molar-refractivity contribution in [3.8, 4) is 0 Å². The Kier molecular flexibility index (Phi) is 2.24. The number of rotatable bonds is 2. The van der Waals surface area contributed by atoms with Gasteiger partial charge in [0.1, 0.15) is 6.10 Å². The van der Waals surface area contributed by atoms with Crippen LogP contribution in [0.1, 0.15) is 6.42 Å². The first kappa shape index (κ1) is 6.77. The number of hydrogen-bond acceptors (Lipinski definition) is 3. The Bertz CT molecular complexity index is 118. The third-order valence-electron chi connectivity index (χ3n) is 1.20. The maximum Gasteiger partial charge on any atom is 0.257 e. The van der Waals surface area contributed by atoms with Gasteiger partial charge in [0.2, 0.25) is 0 Å². The van der Waals surface area contributed by atoms with Gasteiger partial charge in [0.15, 0.2) is 0 Å². The maximum atomic E-state index is 8.46. The van der Waals surface area contributed by atoms with Crippen LogP contribution >= 0.6 is 12.2 Å². The third-order valence-corrected chi connectivity index (χ3v) is 1.44. The fourth-order valence-electron chi connectivity index (χ4n) is 0.737. The van der Waals surface area contributed by atoms with Crippen LogP contribution in [0.15, 0.2) is 0 Å². The number of hydrogen-bond donors (Lipinski definition) is 2. The van der Waals surface area contributed by atoms with Crippen LogP contribution in [-0.4, -0.2) is 29.5 Å². The van der Waals surface area contributed by atoms with Crippen LogP contribution in [0.3, 0.4) is 0 Å². The van der Waals surface area contributed by atoms with E-state index in [0.717, 1.165) is 6.54 Å². The fourth-order valence-corrected chi connectivity index (χ4v) is 0.956. The number of ether oxygens (including phenoxy) is 1. The van der Waals surface area contributed by atoms with Gasteiger partial charge in [-0.3, -0.25) is 0 Å². The summed E-state index contributed by atoms with van der Waals surface area (Å²) in [6, 6.07) is 0. The minimum Gasteiger partial charge on any atom is -0.466 e. The number of aliphatic hydroxyl groups excluding tert-OH is 1. The predicted octanol–water partition coefficient (Wildman–Crippen LogP) is -0.358. The first-order chi connectivity index (χ1) is 4.33. The summed E-state index contributed by atoms with van der Waals surface area (Å²) >= 11 is 4.70. The van der Waals surface area contributed by atoms with Gasteiger partial charge >= 0.3 is 0 Å². The molecule has 0 aromatic rings. The van der Waals surface area contributed by atoms with Crippen LogP contribution in [0, 0.1) is 0 Å². The lowest BCUT2D eigenvalue weighted by atomic mass is 10.3. The molecule has 1 aliphatic heterocycles. The Hall–Kier alpha value is -0.350. The van der Waals surface area contributed by atoms with Crippen LogP contribution in [-0.2, 0) is 4.74 Å². The first-order valence-corrected chi connectivity index (χ1v) is 3.29. The molecule has 1 fully saturated rings. The molecule has 0 aromatic heterocycles. The van der Waals surface area contributed by atoms with E-state index in [1.165, 1.54) is 0 Å². The van der Waals surface area contributed by atoms with Crippen molar-refractivity contribution in [2.45, 2.75) is 12.5 Å². The number of aliphatic hydroxyl groups is 1. The summed E-state index contributed by atoms with van der Waals surface area (Å²) < 4.78 is 5.06. The van der Waals surface area contributed by atoms with Gasteiger partial charge < -0.3 is 15.2 Å². The van der Waals surface area contributed by atoms with Crippen molar-refractivity contribution in [1.29, 1.82) is 0 Å². The Morgan fingerprint density at radius 2 is 2.67 bits per heavy atom. The van der Waals surface area contributed by atoms with E-state index in [2.05, 4.69) is 5.32 Å². The highest BCUT2D eigenvalue weighted by atomic mass is 32.1. The van der Waals surface area contributed by atoms with Gasteiger partial charge in [0.25, 0.3) is 5.17 Å². The molecule has 4 heteroatoms. The average molecular weight is 147 g/mol. The molecule has 0 spiro atoms. The molecule has 1 aliphatic rings. The Labute approximate surface area is 59.0 Å². The van der Waals surface area contributed by atoms with Gasteiger partial charge in [0.05, 0.1) is 6.54 Å². The molecule has 2 N–H and O–H groups in total. The molecule has 1 rings (SSSR count). The zero-order chi connectivity index (χ0) is 6.69. The van der Waals surface area contributed by atoms with Gasteiger partial charge in [-0.05, 0) is 12.2 Å². The summed E-state index contributed by atoms with van der Waals surface area (Å²) in [5.74, 6) is 0. The SMILES string of the molecule is OCC[C@@H]1CNC(=S)O1. The summed E-state index contributed by atoms with van der Waals surface area (Å²) in [6.45, 7) is 0.897. The van der Waals surface area contributed by atoms with E-state index in [-0.39, 0.29) is 12.7 Å². The Morgan fingerprint density at radius 3 is 3.11 bits per heavy atom. The predicted molar refractivity (Wildman–Crippen MR) is 37.2 cm³/mol. The molecule has 0 aliphatic carbocycles. The van der Waals surface area contributed by atoms with Gasteiger partial charge in [-0.2, -0.15) is 0 Å². The van der Waals surface area contributed by atoms with E-state index in [0.29, 0.717) is 11.6 Å². The molecule has 52 valence electrons. The molecule has 1 saturated heterocycles. The molecule has 1 heterocycles. The molecular formula is C5H9NO2S. The molecule has 0 aromatic carbocycles. The zero-order valence-electron chi connectivity index (χ0n) is 4.96. The normalized spacial score (nSPS) is 25.4. The van der Waals surface area contributed by atoms with Crippen molar-refractivity contribution in [3.63, 3.8) is 0 Å². The van der Waals surface area contributed by atoms with Crippen molar-refractivity contribution in [3.05, 3.63) is 0 Å². The van der Waals surface area contributed by atoms with Gasteiger partial charge in [-0.15, -0.1) is 0 Å². The maximum absolute atomic E-state index is 8.46. The van der Waals surface area contributed by atoms with E-state index in [1.54, 1.807) is 0 Å². The summed E-state index contributed by atoms with van der Waals surface area (Å²) in [7, 11) is 0. The van der Waals surface area contributed by atoms with E-state index >= 15 is 0 Å². The quantitative estimate of drug-likeness (QED) is 0.523. The van der Waals surface area contributed by atoms with Crippen molar-refractivity contribution >= 4 is 17.4 Å². The lowest BCUT2D eigenvalue weighted by molar-refractivity contribution is 0.176. The molecule has 0 amide bonds. The minimum absolute atomic E-state index is 0.0856. The van der Waals surface area contributed by atoms with Gasteiger partial charge in [-0.1, -0.05) is 0 Å². The third kappa shape index (κ3) is 1.80. The van der Waals surface area contributed by atoms with E-state index < -0.39 is 0 Å². The summed E-state index contributed by atoms with van der Waals surface area (Å²) in [5.41, 5.74) is 0. The van der Waals surface area contributed by atoms with Crippen LogP contribution in [0.5, 0.6) is 0 Å². The molecule has 1 atom stereocenters. The molecule has 0 saturated carbocycles. The number of thiocarbonyl (C=S) groups is 1. The Morgan fingerprint density at radius 1 is 1.89 bits per heavy atom. The second-order valence-corrected chi connectivity index (χ2v) is 2.29. The zero-order valence-corrected chi connectivity index (χ0v) is 5.78. The van der Waals surface area contributed by atoms with Crippen LogP contribution in [0.4, 0.5) is 0 Å². The fraction of sp³-hybridized carbons (Fsp3) is 0.800. The highest BCUT2D eigenvalue weighted by Gasteiger charge is 2.17. The van der Waals surface area contributed by atoms with Crippen molar-refractivity contribution < 1.29 is 9.84 Å². The first-order valence-electron chi connectivity index (χ1n) is 2.88.